The number of likely N-dealkylation sites (tertiary alicyclic amines) is 1. The van der Waals surface area contributed by atoms with E-state index in [1.807, 2.05) is 7.05 Å². The molecule has 0 aromatic heterocycles. The van der Waals surface area contributed by atoms with Crippen LogP contribution in [-0.2, 0) is 10.0 Å². The Labute approximate surface area is 127 Å². The van der Waals surface area contributed by atoms with Crippen molar-refractivity contribution >= 4 is 37.6 Å². The molecule has 1 aromatic carbocycles. The fourth-order valence-corrected chi connectivity index (χ4v) is 4.44. The first kappa shape index (κ1) is 15.3. The van der Waals surface area contributed by atoms with Gasteiger partial charge in [-0.1, -0.05) is 27.5 Å². The highest BCUT2D eigenvalue weighted by atomic mass is 79.9. The number of hydrogen-bond donors (Lipinski definition) is 1. The van der Waals surface area contributed by atoms with Crippen molar-refractivity contribution in [1.29, 1.82) is 0 Å². The lowest BCUT2D eigenvalue weighted by Gasteiger charge is -2.29. The van der Waals surface area contributed by atoms with E-state index >= 15 is 0 Å². The number of benzene rings is 1. The fourth-order valence-electron chi connectivity index (χ4n) is 2.10. The summed E-state index contributed by atoms with van der Waals surface area (Å²) in [6.45, 7) is 1.81. The van der Waals surface area contributed by atoms with Crippen molar-refractivity contribution in [3.05, 3.63) is 27.7 Å². The third kappa shape index (κ3) is 3.92. The summed E-state index contributed by atoms with van der Waals surface area (Å²) in [5, 5.41) is 0.231. The van der Waals surface area contributed by atoms with Crippen LogP contribution in [-0.4, -0.2) is 39.5 Å². The second-order valence-electron chi connectivity index (χ2n) is 4.77. The van der Waals surface area contributed by atoms with Crippen molar-refractivity contribution in [1.82, 2.24) is 9.62 Å². The Kier molecular flexibility index (Phi) is 4.89. The van der Waals surface area contributed by atoms with Gasteiger partial charge >= 0.3 is 0 Å². The van der Waals surface area contributed by atoms with E-state index in [1.165, 1.54) is 6.07 Å². The minimum absolute atomic E-state index is 0.0130. The lowest BCUT2D eigenvalue weighted by Crippen LogP contribution is -2.43. The molecule has 4 nitrogen and oxygen atoms in total. The molecule has 0 radical (unpaired) electrons. The zero-order chi connectivity index (χ0) is 14.0. The van der Waals surface area contributed by atoms with E-state index in [0.29, 0.717) is 0 Å². The molecular formula is C12H16BrClN2O2S. The van der Waals surface area contributed by atoms with Gasteiger partial charge in [-0.25, -0.2) is 13.1 Å². The smallest absolute Gasteiger partial charge is 0.242 e. The molecule has 1 heterocycles. The summed E-state index contributed by atoms with van der Waals surface area (Å²) in [4.78, 5) is 2.33. The van der Waals surface area contributed by atoms with Gasteiger partial charge in [-0.15, -0.1) is 0 Å². The molecule has 106 valence electrons. The summed E-state index contributed by atoms with van der Waals surface area (Å²) < 4.78 is 28.1. The monoisotopic (exact) mass is 366 g/mol. The zero-order valence-electron chi connectivity index (χ0n) is 10.6. The highest BCUT2D eigenvalue weighted by Gasteiger charge is 2.24. The van der Waals surface area contributed by atoms with Gasteiger partial charge in [0.15, 0.2) is 0 Å². The van der Waals surface area contributed by atoms with Crippen molar-refractivity contribution in [3.63, 3.8) is 0 Å². The van der Waals surface area contributed by atoms with Crippen molar-refractivity contribution in [2.45, 2.75) is 23.8 Å². The first-order chi connectivity index (χ1) is 8.88. The molecule has 0 aliphatic carbocycles. The van der Waals surface area contributed by atoms with Crippen LogP contribution < -0.4 is 4.72 Å². The maximum atomic E-state index is 12.3. The zero-order valence-corrected chi connectivity index (χ0v) is 13.7. The Hall–Kier alpha value is -0.140. The molecule has 0 spiro atoms. The van der Waals surface area contributed by atoms with Crippen molar-refractivity contribution in [3.8, 4) is 0 Å². The van der Waals surface area contributed by atoms with Crippen LogP contribution in [0.2, 0.25) is 5.02 Å². The van der Waals surface area contributed by atoms with E-state index in [2.05, 4.69) is 25.6 Å². The summed E-state index contributed by atoms with van der Waals surface area (Å²) in [6.07, 6.45) is 1.65. The standard InChI is InChI=1S/C12H16BrClN2O2S/c1-16-6-4-10(5-7-16)15-19(17,18)12-3-2-9(13)8-11(12)14/h2-3,8,10,15H,4-7H2,1H3. The van der Waals surface area contributed by atoms with Crippen LogP contribution in [0.3, 0.4) is 0 Å². The van der Waals surface area contributed by atoms with Gasteiger partial charge in [0.2, 0.25) is 10.0 Å². The largest absolute Gasteiger partial charge is 0.306 e. The molecule has 0 amide bonds. The normalized spacial score (nSPS) is 18.7. The average Bonchev–Trinajstić information content (AvgIpc) is 2.31. The highest BCUT2D eigenvalue weighted by molar-refractivity contribution is 9.10. The van der Waals surface area contributed by atoms with Gasteiger partial charge in [0.05, 0.1) is 5.02 Å². The molecule has 1 aliphatic heterocycles. The van der Waals surface area contributed by atoms with Crippen LogP contribution in [0.5, 0.6) is 0 Å². The first-order valence-corrected chi connectivity index (χ1v) is 8.70. The highest BCUT2D eigenvalue weighted by Crippen LogP contribution is 2.25. The molecule has 0 bridgehead atoms. The SMILES string of the molecule is CN1CCC(NS(=O)(=O)c2ccc(Br)cc2Cl)CC1. The first-order valence-electron chi connectivity index (χ1n) is 6.04. The Bertz CT molecular complexity index is 557. The Balaban J connectivity index is 2.14. The molecule has 1 aliphatic rings. The maximum Gasteiger partial charge on any atom is 0.242 e. The molecule has 1 fully saturated rings. The summed E-state index contributed by atoms with van der Waals surface area (Å²) >= 11 is 9.26. The number of nitrogens with zero attached hydrogens (tertiary/aromatic N) is 1. The van der Waals surface area contributed by atoms with E-state index in [9.17, 15) is 8.42 Å². The van der Waals surface area contributed by atoms with E-state index in [-0.39, 0.29) is 16.0 Å². The van der Waals surface area contributed by atoms with Gasteiger partial charge in [0.1, 0.15) is 4.90 Å². The molecule has 7 heteroatoms. The number of sulfonamides is 1. The van der Waals surface area contributed by atoms with Gasteiger partial charge in [-0.2, -0.15) is 0 Å². The summed E-state index contributed by atoms with van der Waals surface area (Å²) in [6, 6.07) is 4.77. The molecule has 2 rings (SSSR count). The second kappa shape index (κ2) is 6.10. The molecular weight excluding hydrogens is 352 g/mol. The maximum absolute atomic E-state index is 12.3. The van der Waals surface area contributed by atoms with Crippen LogP contribution in [0, 0.1) is 0 Å². The lowest BCUT2D eigenvalue weighted by atomic mass is 10.1. The van der Waals surface area contributed by atoms with Gasteiger partial charge in [-0.3, -0.25) is 0 Å². The average molecular weight is 368 g/mol. The lowest BCUT2D eigenvalue weighted by molar-refractivity contribution is 0.248. The predicted molar refractivity (Wildman–Crippen MR) is 80.0 cm³/mol. The minimum Gasteiger partial charge on any atom is -0.306 e. The second-order valence-corrected chi connectivity index (χ2v) is 7.78. The number of halogens is 2. The quantitative estimate of drug-likeness (QED) is 0.893. The van der Waals surface area contributed by atoms with Crippen LogP contribution >= 0.6 is 27.5 Å². The van der Waals surface area contributed by atoms with Crippen molar-refractivity contribution in [2.75, 3.05) is 20.1 Å². The Morgan fingerprint density at radius 3 is 2.58 bits per heavy atom. The van der Waals surface area contributed by atoms with Crippen LogP contribution in [0.25, 0.3) is 0 Å². The molecule has 1 saturated heterocycles. The topological polar surface area (TPSA) is 49.4 Å². The fraction of sp³-hybridized carbons (Fsp3) is 0.500. The van der Waals surface area contributed by atoms with E-state index in [4.69, 9.17) is 11.6 Å². The van der Waals surface area contributed by atoms with E-state index in [0.717, 1.165) is 30.4 Å². The summed E-state index contributed by atoms with van der Waals surface area (Å²) in [5.74, 6) is 0. The van der Waals surface area contributed by atoms with Gasteiger partial charge in [0.25, 0.3) is 0 Å². The van der Waals surface area contributed by atoms with E-state index in [1.54, 1.807) is 12.1 Å². The number of rotatable bonds is 3. The Morgan fingerprint density at radius 1 is 1.37 bits per heavy atom. The number of piperidine rings is 1. The number of hydrogen-bond acceptors (Lipinski definition) is 3. The minimum atomic E-state index is -3.55. The molecule has 0 unspecified atom stereocenters. The van der Waals surface area contributed by atoms with E-state index < -0.39 is 10.0 Å². The third-order valence-corrected chi connectivity index (χ3v) is 5.72. The molecule has 0 atom stereocenters. The molecule has 0 saturated carbocycles. The Morgan fingerprint density at radius 2 is 2.00 bits per heavy atom. The number of nitrogens with one attached hydrogen (secondary N) is 1. The molecule has 1 aromatic rings. The van der Waals surface area contributed by atoms with Crippen LogP contribution in [0.15, 0.2) is 27.6 Å². The molecule has 19 heavy (non-hydrogen) atoms. The predicted octanol–water partition coefficient (Wildman–Crippen LogP) is 2.48. The van der Waals surface area contributed by atoms with Crippen LogP contribution in [0.1, 0.15) is 12.8 Å². The molecule has 1 N–H and O–H groups in total. The van der Waals surface area contributed by atoms with Gasteiger partial charge in [0, 0.05) is 10.5 Å². The van der Waals surface area contributed by atoms with Crippen LogP contribution in [0.4, 0.5) is 0 Å². The van der Waals surface area contributed by atoms with Gasteiger partial charge in [-0.05, 0) is 51.2 Å². The summed E-state index contributed by atoms with van der Waals surface area (Å²) in [7, 11) is -1.51. The summed E-state index contributed by atoms with van der Waals surface area (Å²) in [5.41, 5.74) is 0. The third-order valence-electron chi connectivity index (χ3n) is 3.22. The van der Waals surface area contributed by atoms with Gasteiger partial charge < -0.3 is 4.90 Å². The van der Waals surface area contributed by atoms with Crippen molar-refractivity contribution in [2.24, 2.45) is 0 Å². The van der Waals surface area contributed by atoms with Crippen molar-refractivity contribution < 1.29 is 8.42 Å².